The molecule has 2 aliphatic heterocycles. The van der Waals surface area contributed by atoms with E-state index in [4.69, 9.17) is 4.74 Å². The molecule has 9 heteroatoms. The second-order valence-electron chi connectivity index (χ2n) is 8.87. The van der Waals surface area contributed by atoms with E-state index in [9.17, 15) is 0 Å². The first kappa shape index (κ1) is 24.3. The van der Waals surface area contributed by atoms with Crippen molar-refractivity contribution in [2.75, 3.05) is 33.8 Å². The molecule has 166 valence electrons. The molecule has 29 heavy (non-hydrogen) atoms. The molecular formula is C20H38IN7O. The highest BCUT2D eigenvalue weighted by Crippen LogP contribution is 2.23. The summed E-state index contributed by atoms with van der Waals surface area (Å²) < 4.78 is 7.15. The van der Waals surface area contributed by atoms with Crippen LogP contribution in [0.5, 0.6) is 0 Å². The van der Waals surface area contributed by atoms with Gasteiger partial charge in [0.05, 0.1) is 6.54 Å². The van der Waals surface area contributed by atoms with Crippen molar-refractivity contribution in [3.8, 4) is 0 Å². The van der Waals surface area contributed by atoms with Gasteiger partial charge >= 0.3 is 0 Å². The van der Waals surface area contributed by atoms with Gasteiger partial charge in [0.1, 0.15) is 12.4 Å². The molecule has 2 aliphatic rings. The number of aryl methyl sites for hydroxylation is 1. The predicted octanol–water partition coefficient (Wildman–Crippen LogP) is 2.03. The molecular weight excluding hydrogens is 481 g/mol. The maximum atomic E-state index is 5.15. The molecule has 0 aliphatic carbocycles. The van der Waals surface area contributed by atoms with Crippen LogP contribution in [-0.4, -0.2) is 71.0 Å². The molecule has 1 saturated heterocycles. The zero-order chi connectivity index (χ0) is 20.1. The summed E-state index contributed by atoms with van der Waals surface area (Å²) in [4.78, 5) is 11.6. The second-order valence-corrected chi connectivity index (χ2v) is 8.87. The number of guanidine groups is 1. The zero-order valence-electron chi connectivity index (χ0n) is 18.6. The quantitative estimate of drug-likeness (QED) is 0.340. The van der Waals surface area contributed by atoms with Gasteiger partial charge in [0, 0.05) is 45.2 Å². The number of rotatable bonds is 6. The number of aromatic nitrogens is 3. The van der Waals surface area contributed by atoms with Crippen LogP contribution in [0.15, 0.2) is 4.99 Å². The summed E-state index contributed by atoms with van der Waals surface area (Å²) in [5.74, 6) is 3.46. The van der Waals surface area contributed by atoms with Crippen LogP contribution in [0.25, 0.3) is 0 Å². The summed E-state index contributed by atoms with van der Waals surface area (Å²) in [6.07, 6.45) is 4.59. The molecule has 0 bridgehead atoms. The molecule has 0 saturated carbocycles. The van der Waals surface area contributed by atoms with Crippen molar-refractivity contribution in [2.24, 2.45) is 10.9 Å². The molecule has 0 aromatic carbocycles. The number of likely N-dealkylation sites (tertiary alicyclic amines) is 1. The third-order valence-electron chi connectivity index (χ3n) is 5.94. The lowest BCUT2D eigenvalue weighted by molar-refractivity contribution is 0.0739. The highest BCUT2D eigenvalue weighted by atomic mass is 127. The number of hydrogen-bond acceptors (Lipinski definition) is 5. The number of hydrogen-bond donors (Lipinski definition) is 2. The van der Waals surface area contributed by atoms with Gasteiger partial charge < -0.3 is 15.4 Å². The van der Waals surface area contributed by atoms with E-state index < -0.39 is 0 Å². The Kier molecular flexibility index (Phi) is 9.15. The number of ether oxygens (including phenoxy) is 1. The Morgan fingerprint density at radius 3 is 2.79 bits per heavy atom. The van der Waals surface area contributed by atoms with Gasteiger partial charge in [0.2, 0.25) is 0 Å². The van der Waals surface area contributed by atoms with Crippen LogP contribution in [0.3, 0.4) is 0 Å². The van der Waals surface area contributed by atoms with Gasteiger partial charge in [-0.1, -0.05) is 6.92 Å². The number of nitrogens with zero attached hydrogens (tertiary/aromatic N) is 5. The molecule has 3 heterocycles. The molecule has 1 aromatic heterocycles. The lowest BCUT2D eigenvalue weighted by Gasteiger charge is -2.43. The van der Waals surface area contributed by atoms with Crippen molar-refractivity contribution in [1.82, 2.24) is 30.3 Å². The van der Waals surface area contributed by atoms with Crippen molar-refractivity contribution in [1.29, 1.82) is 0 Å². The fraction of sp³-hybridized carbons (Fsp3) is 0.850. The maximum Gasteiger partial charge on any atom is 0.191 e. The molecule has 2 atom stereocenters. The molecule has 3 rings (SSSR count). The number of aliphatic imine (C=N–C) groups is 1. The van der Waals surface area contributed by atoms with Crippen LogP contribution in [0.2, 0.25) is 0 Å². The van der Waals surface area contributed by atoms with Gasteiger partial charge in [0.15, 0.2) is 11.8 Å². The Hall–Kier alpha value is -0.940. The van der Waals surface area contributed by atoms with Crippen LogP contribution >= 0.6 is 24.0 Å². The van der Waals surface area contributed by atoms with Crippen molar-refractivity contribution in [2.45, 2.75) is 71.2 Å². The van der Waals surface area contributed by atoms with Gasteiger partial charge in [-0.25, -0.2) is 9.67 Å². The van der Waals surface area contributed by atoms with Crippen molar-refractivity contribution in [3.63, 3.8) is 0 Å². The topological polar surface area (TPSA) is 79.6 Å². The minimum absolute atomic E-state index is 0. The lowest BCUT2D eigenvalue weighted by Crippen LogP contribution is -2.57. The number of methoxy groups -OCH3 is 1. The highest BCUT2D eigenvalue weighted by Gasteiger charge is 2.30. The Balaban J connectivity index is 0.00000300. The van der Waals surface area contributed by atoms with E-state index in [1.807, 2.05) is 11.7 Å². The van der Waals surface area contributed by atoms with Crippen LogP contribution in [0, 0.1) is 5.92 Å². The molecule has 1 aromatic rings. The van der Waals surface area contributed by atoms with Gasteiger partial charge in [-0.2, -0.15) is 5.10 Å². The Morgan fingerprint density at radius 2 is 2.10 bits per heavy atom. The number of piperidine rings is 1. The maximum absolute atomic E-state index is 5.15. The van der Waals surface area contributed by atoms with Crippen LogP contribution in [-0.2, 0) is 24.3 Å². The minimum atomic E-state index is 0. The molecule has 0 amide bonds. The minimum Gasteiger partial charge on any atom is -0.377 e. The first-order chi connectivity index (χ1) is 13.4. The van der Waals surface area contributed by atoms with E-state index in [1.165, 1.54) is 25.9 Å². The Labute approximate surface area is 192 Å². The summed E-state index contributed by atoms with van der Waals surface area (Å²) in [6, 6.07) is 0.300. The third-order valence-corrected chi connectivity index (χ3v) is 5.94. The Morgan fingerprint density at radius 1 is 1.31 bits per heavy atom. The molecule has 2 N–H and O–H groups in total. The fourth-order valence-corrected chi connectivity index (χ4v) is 4.21. The molecule has 0 spiro atoms. The number of nitrogens with one attached hydrogen (secondary N) is 2. The monoisotopic (exact) mass is 519 g/mol. The van der Waals surface area contributed by atoms with Crippen molar-refractivity contribution >= 4 is 29.9 Å². The SMILES string of the molecule is CN=C(NCC(C)(C)N1CCCC(C)C1)NC1CCc2nc(COC)nn2C1.I. The average molecular weight is 519 g/mol. The molecule has 0 radical (unpaired) electrons. The summed E-state index contributed by atoms with van der Waals surface area (Å²) in [5.41, 5.74) is 0.104. The van der Waals surface area contributed by atoms with E-state index in [0.717, 1.165) is 49.5 Å². The zero-order valence-corrected chi connectivity index (χ0v) is 20.9. The largest absolute Gasteiger partial charge is 0.377 e. The summed E-state index contributed by atoms with van der Waals surface area (Å²) in [5, 5.41) is 11.7. The van der Waals surface area contributed by atoms with Gasteiger partial charge in [-0.15, -0.1) is 24.0 Å². The molecule has 1 fully saturated rings. The lowest BCUT2D eigenvalue weighted by atomic mass is 9.93. The normalized spacial score (nSPS) is 23.3. The molecule has 8 nitrogen and oxygen atoms in total. The summed E-state index contributed by atoms with van der Waals surface area (Å²) in [7, 11) is 3.51. The van der Waals surface area contributed by atoms with Gasteiger partial charge in [-0.3, -0.25) is 9.89 Å². The highest BCUT2D eigenvalue weighted by molar-refractivity contribution is 14.0. The van der Waals surface area contributed by atoms with Crippen molar-refractivity contribution < 1.29 is 4.74 Å². The molecule has 2 unspecified atom stereocenters. The van der Waals surface area contributed by atoms with E-state index >= 15 is 0 Å². The van der Waals surface area contributed by atoms with Gasteiger partial charge in [0.25, 0.3) is 0 Å². The predicted molar refractivity (Wildman–Crippen MR) is 127 cm³/mol. The van der Waals surface area contributed by atoms with Crippen LogP contribution in [0.4, 0.5) is 0 Å². The number of halogens is 1. The Bertz CT molecular complexity index is 676. The van der Waals surface area contributed by atoms with Crippen LogP contribution in [0.1, 0.15) is 51.7 Å². The fourth-order valence-electron chi connectivity index (χ4n) is 4.21. The van der Waals surface area contributed by atoms with E-state index in [1.54, 1.807) is 7.11 Å². The van der Waals surface area contributed by atoms with E-state index in [2.05, 4.69) is 51.4 Å². The van der Waals surface area contributed by atoms with Crippen molar-refractivity contribution in [3.05, 3.63) is 11.6 Å². The van der Waals surface area contributed by atoms with E-state index in [0.29, 0.717) is 12.6 Å². The second kappa shape index (κ2) is 10.9. The summed E-state index contributed by atoms with van der Waals surface area (Å²) in [6.45, 7) is 11.5. The van der Waals surface area contributed by atoms with Crippen LogP contribution < -0.4 is 10.6 Å². The first-order valence-electron chi connectivity index (χ1n) is 10.5. The smallest absolute Gasteiger partial charge is 0.191 e. The number of fused-ring (bicyclic) bond motifs is 1. The van der Waals surface area contributed by atoms with Gasteiger partial charge in [-0.05, 0) is 45.6 Å². The average Bonchev–Trinajstić information content (AvgIpc) is 3.07. The third kappa shape index (κ3) is 6.52. The summed E-state index contributed by atoms with van der Waals surface area (Å²) >= 11 is 0. The van der Waals surface area contributed by atoms with E-state index in [-0.39, 0.29) is 29.5 Å². The standard InChI is InChI=1S/C20H37N7O.HI/c1-15-7-6-10-26(11-15)20(2,3)14-22-19(21-4)23-16-8-9-18-24-17(13-28-5)25-27(18)12-16;/h15-16H,6-14H2,1-5H3,(H2,21,22,23);1H. The first-order valence-corrected chi connectivity index (χ1v) is 10.5.